The van der Waals surface area contributed by atoms with E-state index in [-0.39, 0.29) is 28.1 Å². The summed E-state index contributed by atoms with van der Waals surface area (Å²) in [7, 11) is 0. The Hall–Kier alpha value is -3.62. The molecule has 0 aliphatic carbocycles. The lowest BCUT2D eigenvalue weighted by molar-refractivity contribution is -0.137. The zero-order chi connectivity index (χ0) is 19.6. The maximum Gasteiger partial charge on any atom is 0.416 e. The Balaban J connectivity index is 1.89. The van der Waals surface area contributed by atoms with Gasteiger partial charge in [-0.2, -0.15) is 13.2 Å². The molecule has 3 aromatic rings. The molecular weight excluding hydrogens is 365 g/mol. The lowest BCUT2D eigenvalue weighted by Crippen LogP contribution is -2.15. The molecule has 0 aliphatic rings. The van der Waals surface area contributed by atoms with Crippen LogP contribution in [0, 0.1) is 0 Å². The van der Waals surface area contributed by atoms with Crippen LogP contribution in [0.3, 0.4) is 0 Å². The van der Waals surface area contributed by atoms with Crippen molar-refractivity contribution in [1.29, 1.82) is 0 Å². The molecule has 27 heavy (non-hydrogen) atoms. The summed E-state index contributed by atoms with van der Waals surface area (Å²) in [5.41, 5.74) is -0.716. The highest BCUT2D eigenvalue weighted by Crippen LogP contribution is 2.32. The van der Waals surface area contributed by atoms with Crippen molar-refractivity contribution in [2.24, 2.45) is 0 Å². The molecule has 0 saturated carbocycles. The third-order valence-electron chi connectivity index (χ3n) is 3.70. The molecule has 0 fully saturated rings. The minimum absolute atomic E-state index is 0.0333. The number of aromatic carboxylic acids is 1. The third-order valence-corrected chi connectivity index (χ3v) is 3.70. The fraction of sp³-hybridized carbons (Fsp3) is 0.0556. The topological polar surface area (TPSA) is 92.4 Å². The largest absolute Gasteiger partial charge is 0.478 e. The zero-order valence-corrected chi connectivity index (χ0v) is 13.4. The second-order valence-electron chi connectivity index (χ2n) is 5.45. The molecule has 0 bridgehead atoms. The predicted molar refractivity (Wildman–Crippen MR) is 88.3 cm³/mol. The van der Waals surface area contributed by atoms with Gasteiger partial charge < -0.3 is 14.9 Å². The number of benzene rings is 2. The van der Waals surface area contributed by atoms with E-state index < -0.39 is 23.6 Å². The van der Waals surface area contributed by atoms with Crippen LogP contribution < -0.4 is 5.32 Å². The first-order valence-electron chi connectivity index (χ1n) is 7.53. The maximum atomic E-state index is 12.7. The third kappa shape index (κ3) is 3.81. The first-order valence-corrected chi connectivity index (χ1v) is 7.53. The molecule has 0 aliphatic heterocycles. The van der Waals surface area contributed by atoms with Gasteiger partial charge in [-0.15, -0.1) is 0 Å². The summed E-state index contributed by atoms with van der Waals surface area (Å²) in [6.45, 7) is 0. The maximum absolute atomic E-state index is 12.7. The monoisotopic (exact) mass is 376 g/mol. The molecule has 9 heteroatoms. The van der Waals surface area contributed by atoms with Crippen molar-refractivity contribution in [1.82, 2.24) is 5.16 Å². The molecular formula is C18H11F3N2O4. The van der Waals surface area contributed by atoms with E-state index in [0.29, 0.717) is 0 Å². The molecule has 0 saturated heterocycles. The smallest absolute Gasteiger partial charge is 0.416 e. The van der Waals surface area contributed by atoms with Crippen molar-refractivity contribution in [3.63, 3.8) is 0 Å². The van der Waals surface area contributed by atoms with Crippen molar-refractivity contribution in [3.05, 3.63) is 71.4 Å². The van der Waals surface area contributed by atoms with Crippen LogP contribution in [-0.4, -0.2) is 22.1 Å². The lowest BCUT2D eigenvalue weighted by atomic mass is 10.1. The van der Waals surface area contributed by atoms with Crippen molar-refractivity contribution in [2.45, 2.75) is 6.18 Å². The number of carboxylic acids is 1. The Kier molecular flexibility index (Phi) is 4.68. The number of halogens is 3. The van der Waals surface area contributed by atoms with Gasteiger partial charge in [0.15, 0.2) is 5.76 Å². The number of para-hydroxylation sites is 1. The van der Waals surface area contributed by atoms with E-state index in [1.807, 2.05) is 0 Å². The Labute approximate surface area is 150 Å². The van der Waals surface area contributed by atoms with Crippen LogP contribution in [-0.2, 0) is 6.18 Å². The van der Waals surface area contributed by atoms with Gasteiger partial charge in [0.1, 0.15) is 5.56 Å². The van der Waals surface area contributed by atoms with Crippen LogP contribution in [0.4, 0.5) is 18.9 Å². The molecule has 3 rings (SSSR count). The number of nitrogens with zero attached hydrogens (tertiary/aromatic N) is 1. The normalized spacial score (nSPS) is 11.2. The highest BCUT2D eigenvalue weighted by Gasteiger charge is 2.30. The molecule has 1 heterocycles. The van der Waals surface area contributed by atoms with Crippen LogP contribution in [0.15, 0.2) is 59.3 Å². The molecule has 138 valence electrons. The van der Waals surface area contributed by atoms with Gasteiger partial charge in [0.2, 0.25) is 0 Å². The summed E-state index contributed by atoms with van der Waals surface area (Å²) in [6.07, 6.45) is -3.38. The summed E-state index contributed by atoms with van der Waals surface area (Å²) >= 11 is 0. The van der Waals surface area contributed by atoms with E-state index in [1.165, 1.54) is 18.2 Å². The Bertz CT molecular complexity index is 994. The average molecular weight is 376 g/mol. The molecule has 0 spiro atoms. The number of aromatic nitrogens is 1. The number of amides is 1. The summed E-state index contributed by atoms with van der Waals surface area (Å²) in [4.78, 5) is 23.7. The van der Waals surface area contributed by atoms with E-state index in [2.05, 4.69) is 10.5 Å². The van der Waals surface area contributed by atoms with Crippen LogP contribution >= 0.6 is 0 Å². The molecule has 6 nitrogen and oxygen atoms in total. The van der Waals surface area contributed by atoms with Gasteiger partial charge in [0, 0.05) is 5.56 Å². The van der Waals surface area contributed by atoms with Crippen LogP contribution in [0.2, 0.25) is 0 Å². The van der Waals surface area contributed by atoms with Crippen LogP contribution in [0.25, 0.3) is 11.3 Å². The van der Waals surface area contributed by atoms with Crippen LogP contribution in [0.5, 0.6) is 0 Å². The van der Waals surface area contributed by atoms with Gasteiger partial charge in [0.25, 0.3) is 5.91 Å². The Morgan fingerprint density at radius 3 is 2.30 bits per heavy atom. The van der Waals surface area contributed by atoms with Gasteiger partial charge in [-0.05, 0) is 24.3 Å². The molecule has 0 atom stereocenters. The number of carbonyl (C=O) groups is 2. The predicted octanol–water partition coefficient (Wildman–Crippen LogP) is 4.31. The van der Waals surface area contributed by atoms with Gasteiger partial charge in [-0.25, -0.2) is 4.79 Å². The minimum atomic E-state index is -4.49. The average Bonchev–Trinajstić information content (AvgIpc) is 3.11. The molecule has 1 amide bonds. The molecule has 1 aromatic heterocycles. The summed E-state index contributed by atoms with van der Waals surface area (Å²) in [5, 5.41) is 15.1. The molecule has 0 unspecified atom stereocenters. The van der Waals surface area contributed by atoms with Crippen molar-refractivity contribution in [3.8, 4) is 11.3 Å². The number of carboxylic acid groups (broad SMARTS) is 1. The van der Waals surface area contributed by atoms with Crippen molar-refractivity contribution in [2.75, 3.05) is 5.32 Å². The Morgan fingerprint density at radius 1 is 1.00 bits per heavy atom. The quantitative estimate of drug-likeness (QED) is 0.708. The van der Waals surface area contributed by atoms with Crippen LogP contribution in [0.1, 0.15) is 26.3 Å². The Morgan fingerprint density at radius 2 is 1.67 bits per heavy atom. The van der Waals surface area contributed by atoms with E-state index in [4.69, 9.17) is 9.63 Å². The number of anilines is 1. The lowest BCUT2D eigenvalue weighted by Gasteiger charge is -2.09. The van der Waals surface area contributed by atoms with Gasteiger partial charge in [0.05, 0.1) is 23.0 Å². The number of rotatable bonds is 4. The van der Waals surface area contributed by atoms with Crippen molar-refractivity contribution >= 4 is 17.6 Å². The standard InChI is InChI=1S/C18H11F3N2O4/c19-18(20,21)11-7-5-10(6-8-11)15-13(9-22-27-15)16(24)23-14-4-2-1-3-12(14)17(25)26/h1-9H,(H,23,24)(H,25,26). The summed E-state index contributed by atoms with van der Waals surface area (Å²) in [5.74, 6) is -1.96. The first kappa shape index (κ1) is 18.2. The SMILES string of the molecule is O=C(O)c1ccccc1NC(=O)c1cnoc1-c1ccc(C(F)(F)F)cc1. The first-order chi connectivity index (χ1) is 12.8. The van der Waals surface area contributed by atoms with E-state index in [1.54, 1.807) is 6.07 Å². The van der Waals surface area contributed by atoms with Crippen molar-refractivity contribution < 1.29 is 32.4 Å². The number of alkyl halides is 3. The number of hydrogen-bond donors (Lipinski definition) is 2. The van der Waals surface area contributed by atoms with Gasteiger partial charge >= 0.3 is 12.1 Å². The summed E-state index contributed by atoms with van der Waals surface area (Å²) in [6, 6.07) is 9.82. The fourth-order valence-corrected chi connectivity index (χ4v) is 2.39. The zero-order valence-electron chi connectivity index (χ0n) is 13.4. The van der Waals surface area contributed by atoms with Gasteiger partial charge in [-0.3, -0.25) is 4.79 Å². The molecule has 2 N–H and O–H groups in total. The number of carbonyl (C=O) groups excluding carboxylic acids is 1. The highest BCUT2D eigenvalue weighted by molar-refractivity contribution is 6.10. The van der Waals surface area contributed by atoms with E-state index in [0.717, 1.165) is 30.5 Å². The number of hydrogen-bond acceptors (Lipinski definition) is 4. The van der Waals surface area contributed by atoms with E-state index in [9.17, 15) is 22.8 Å². The van der Waals surface area contributed by atoms with Gasteiger partial charge in [-0.1, -0.05) is 29.4 Å². The summed E-state index contributed by atoms with van der Waals surface area (Å²) < 4.78 is 43.0. The molecule has 0 radical (unpaired) electrons. The second-order valence-corrected chi connectivity index (χ2v) is 5.45. The second kappa shape index (κ2) is 6.94. The fourth-order valence-electron chi connectivity index (χ4n) is 2.39. The molecule has 2 aromatic carbocycles. The van der Waals surface area contributed by atoms with E-state index >= 15 is 0 Å². The highest BCUT2D eigenvalue weighted by atomic mass is 19.4. The number of nitrogens with one attached hydrogen (secondary N) is 1. The minimum Gasteiger partial charge on any atom is -0.478 e.